The second-order valence-corrected chi connectivity index (χ2v) is 16.5. The van der Waals surface area contributed by atoms with E-state index in [1.807, 2.05) is 6.07 Å². The Bertz CT molecular complexity index is 3750. The Balaban J connectivity index is 1.18. The van der Waals surface area contributed by atoms with Gasteiger partial charge in [0.15, 0.2) is 11.6 Å². The minimum Gasteiger partial charge on any atom is -0.456 e. The summed E-state index contributed by atoms with van der Waals surface area (Å²) in [6.45, 7) is 0. The highest BCUT2D eigenvalue weighted by molar-refractivity contribution is 6.68. The molecule has 12 aromatic rings. The number of furan rings is 1. The Kier molecular flexibility index (Phi) is 8.07. The summed E-state index contributed by atoms with van der Waals surface area (Å²) in [6, 6.07) is 55.7. The summed E-state index contributed by atoms with van der Waals surface area (Å²) in [5.41, 5.74) is 17.3. The van der Waals surface area contributed by atoms with Crippen molar-refractivity contribution in [1.82, 2.24) is 24.1 Å². The van der Waals surface area contributed by atoms with Crippen molar-refractivity contribution in [2.24, 2.45) is 0 Å². The van der Waals surface area contributed by atoms with E-state index in [0.29, 0.717) is 17.6 Å². The van der Waals surface area contributed by atoms with Crippen LogP contribution in [0.3, 0.4) is 0 Å². The Morgan fingerprint density at radius 1 is 0.387 bits per heavy atom. The molecule has 0 aliphatic carbocycles. The number of rotatable bonds is 5. The van der Waals surface area contributed by atoms with Gasteiger partial charge in [0.2, 0.25) is 5.95 Å². The van der Waals surface area contributed by atoms with Crippen LogP contribution >= 0.6 is 0 Å². The average molecular weight is 789 g/mol. The summed E-state index contributed by atoms with van der Waals surface area (Å²) < 4.78 is 11.4. The SMILES string of the molecule is Bc1c(B)c(B)c(-c2nc(-c3cccc4oc5cccc(-n6c7ccccc7c7ccc(-c8ccccc8)cc76)c5c34)nc(-n3c4ccccc4c4ccccc43)n2)c(B)c1B. The third-order valence-electron chi connectivity index (χ3n) is 13.4. The van der Waals surface area contributed by atoms with E-state index in [2.05, 4.69) is 200 Å². The summed E-state index contributed by atoms with van der Waals surface area (Å²) in [6.07, 6.45) is 0. The summed E-state index contributed by atoms with van der Waals surface area (Å²) in [5, 5.41) is 6.64. The Morgan fingerprint density at radius 2 is 0.919 bits per heavy atom. The van der Waals surface area contributed by atoms with E-state index in [4.69, 9.17) is 19.4 Å². The molecule has 0 spiro atoms. The lowest BCUT2D eigenvalue weighted by Gasteiger charge is -2.20. The molecule has 4 heterocycles. The van der Waals surface area contributed by atoms with Crippen LogP contribution in [0.4, 0.5) is 0 Å². The monoisotopic (exact) mass is 789 g/mol. The van der Waals surface area contributed by atoms with Gasteiger partial charge in [0.1, 0.15) is 50.4 Å². The lowest BCUT2D eigenvalue weighted by atomic mass is 9.60. The zero-order valence-corrected chi connectivity index (χ0v) is 35.2. The molecule has 0 saturated heterocycles. The average Bonchev–Trinajstić information content (AvgIpc) is 3.98. The third kappa shape index (κ3) is 5.27. The van der Waals surface area contributed by atoms with Gasteiger partial charge in [-0.25, -0.2) is 4.98 Å². The largest absolute Gasteiger partial charge is 0.456 e. The molecule has 0 N–H and O–H groups in total. The van der Waals surface area contributed by atoms with Gasteiger partial charge in [-0.1, -0.05) is 126 Å². The fourth-order valence-electron chi connectivity index (χ4n) is 9.93. The van der Waals surface area contributed by atoms with Crippen molar-refractivity contribution < 1.29 is 4.42 Å². The molecular weight excluding hydrogens is 753 g/mol. The van der Waals surface area contributed by atoms with Crippen molar-refractivity contribution in [2.75, 3.05) is 0 Å². The molecule has 0 amide bonds. The van der Waals surface area contributed by atoms with Crippen LogP contribution in [0.25, 0.3) is 111 Å². The molecule has 286 valence electrons. The fraction of sp³-hybridized carbons (Fsp3) is 0. The van der Waals surface area contributed by atoms with E-state index in [0.717, 1.165) is 77.2 Å². The normalized spacial score (nSPS) is 11.9. The van der Waals surface area contributed by atoms with Crippen molar-refractivity contribution in [3.05, 3.63) is 158 Å². The molecule has 4 aromatic heterocycles. The maximum atomic E-state index is 6.80. The van der Waals surface area contributed by atoms with Gasteiger partial charge in [-0.15, -0.1) is 16.4 Å². The lowest BCUT2D eigenvalue weighted by molar-refractivity contribution is 0.669. The van der Waals surface area contributed by atoms with Crippen LogP contribution in [0.5, 0.6) is 0 Å². The highest BCUT2D eigenvalue weighted by atomic mass is 16.3. The molecule has 0 aliphatic rings. The highest BCUT2D eigenvalue weighted by Gasteiger charge is 2.25. The van der Waals surface area contributed by atoms with E-state index in [1.165, 1.54) is 43.6 Å². The predicted octanol–water partition coefficient (Wildman–Crippen LogP) is 4.26. The summed E-state index contributed by atoms with van der Waals surface area (Å²) in [4.78, 5) is 16.3. The number of hydrogen-bond donors (Lipinski definition) is 0. The molecule has 6 nitrogen and oxygen atoms in total. The van der Waals surface area contributed by atoms with Gasteiger partial charge in [0, 0.05) is 38.1 Å². The Hall–Kier alpha value is -7.51. The van der Waals surface area contributed by atoms with Gasteiger partial charge < -0.3 is 8.98 Å². The Labute approximate surface area is 362 Å². The second kappa shape index (κ2) is 13.8. The molecule has 12 rings (SSSR count). The number of para-hydroxylation sites is 3. The molecular formula is C51H36B5N5O. The van der Waals surface area contributed by atoms with Crippen LogP contribution in [0, 0.1) is 0 Å². The van der Waals surface area contributed by atoms with Crippen LogP contribution in [0.15, 0.2) is 162 Å². The summed E-state index contributed by atoms with van der Waals surface area (Å²) in [7, 11) is 11.0. The van der Waals surface area contributed by atoms with Crippen molar-refractivity contribution >= 4 is 132 Å². The highest BCUT2D eigenvalue weighted by Crippen LogP contribution is 2.43. The van der Waals surface area contributed by atoms with E-state index >= 15 is 0 Å². The zero-order valence-electron chi connectivity index (χ0n) is 35.2. The number of fused-ring (bicyclic) bond motifs is 9. The molecule has 0 fully saturated rings. The van der Waals surface area contributed by atoms with Gasteiger partial charge in [0.25, 0.3) is 0 Å². The molecule has 0 saturated carbocycles. The van der Waals surface area contributed by atoms with Gasteiger partial charge in [-0.2, -0.15) is 9.97 Å². The van der Waals surface area contributed by atoms with Crippen LogP contribution in [0.2, 0.25) is 0 Å². The van der Waals surface area contributed by atoms with Crippen molar-refractivity contribution in [2.45, 2.75) is 0 Å². The number of hydrogen-bond acceptors (Lipinski definition) is 4. The van der Waals surface area contributed by atoms with Crippen molar-refractivity contribution in [3.63, 3.8) is 0 Å². The van der Waals surface area contributed by atoms with Gasteiger partial charge in [-0.3, -0.25) is 4.57 Å². The maximum absolute atomic E-state index is 6.80. The topological polar surface area (TPSA) is 61.7 Å². The second-order valence-electron chi connectivity index (χ2n) is 16.5. The quantitative estimate of drug-likeness (QED) is 0.245. The number of benzene rings is 8. The minimum absolute atomic E-state index is 0.568. The first-order valence-corrected chi connectivity index (χ1v) is 21.2. The summed E-state index contributed by atoms with van der Waals surface area (Å²) >= 11 is 0. The minimum atomic E-state index is 0.568. The number of nitrogens with zero attached hydrogens (tertiary/aromatic N) is 5. The van der Waals surface area contributed by atoms with Crippen molar-refractivity contribution in [3.8, 4) is 45.5 Å². The molecule has 11 heteroatoms. The molecule has 0 unspecified atom stereocenters. The van der Waals surface area contributed by atoms with Gasteiger partial charge in [0.05, 0.1) is 33.1 Å². The molecule has 0 radical (unpaired) electrons. The van der Waals surface area contributed by atoms with Gasteiger partial charge >= 0.3 is 0 Å². The van der Waals surface area contributed by atoms with E-state index < -0.39 is 0 Å². The first-order chi connectivity index (χ1) is 30.4. The first kappa shape index (κ1) is 36.4. The molecule has 0 bridgehead atoms. The summed E-state index contributed by atoms with van der Waals surface area (Å²) in [5.74, 6) is 1.80. The van der Waals surface area contributed by atoms with Crippen molar-refractivity contribution in [1.29, 1.82) is 0 Å². The molecule has 62 heavy (non-hydrogen) atoms. The number of aromatic nitrogens is 5. The lowest BCUT2D eigenvalue weighted by Crippen LogP contribution is -2.55. The van der Waals surface area contributed by atoms with Gasteiger partial charge in [-0.05, 0) is 53.6 Å². The van der Waals surface area contributed by atoms with Crippen LogP contribution in [-0.4, -0.2) is 63.3 Å². The van der Waals surface area contributed by atoms with Crippen LogP contribution < -0.4 is 27.3 Å². The molecule has 8 aromatic carbocycles. The first-order valence-electron chi connectivity index (χ1n) is 21.2. The molecule has 0 aliphatic heterocycles. The van der Waals surface area contributed by atoms with E-state index in [9.17, 15) is 0 Å². The van der Waals surface area contributed by atoms with Crippen LogP contribution in [0.1, 0.15) is 0 Å². The van der Waals surface area contributed by atoms with E-state index in [1.54, 1.807) is 0 Å². The Morgan fingerprint density at radius 3 is 1.58 bits per heavy atom. The maximum Gasteiger partial charge on any atom is 0.238 e. The third-order valence-corrected chi connectivity index (χ3v) is 13.4. The smallest absolute Gasteiger partial charge is 0.238 e. The zero-order chi connectivity index (χ0) is 41.8. The predicted molar refractivity (Wildman–Crippen MR) is 273 cm³/mol. The fourth-order valence-corrected chi connectivity index (χ4v) is 9.93. The molecule has 0 atom stereocenters. The standard InChI is InChI=1S/C51H36B5N5O/c52-44-43(45(53)47(55)48(56)46(44)54)50-57-49(58-51(59-50)61-35-19-8-5-14-29(35)30-15-6-9-20-36(30)61)33-17-10-22-39-41(33)42-37(21-11-23-40(42)62-39)60-34-18-7-4-16-31(34)32-25-24-28(26-38(32)60)27-12-2-1-3-13-27/h1-26H,52-56H2. The van der Waals surface area contributed by atoms with Crippen LogP contribution in [-0.2, 0) is 0 Å². The van der Waals surface area contributed by atoms with E-state index in [-0.39, 0.29) is 0 Å².